The van der Waals surface area contributed by atoms with Crippen molar-refractivity contribution in [3.05, 3.63) is 23.8 Å². The molecule has 1 aromatic carbocycles. The van der Waals surface area contributed by atoms with Crippen LogP contribution >= 0.6 is 0 Å². The Bertz CT molecular complexity index is 482. The zero-order valence-corrected chi connectivity index (χ0v) is 10.4. The first-order chi connectivity index (χ1) is 8.84. The Kier molecular flexibility index (Phi) is 2.87. The van der Waals surface area contributed by atoms with Gasteiger partial charge in [-0.05, 0) is 30.5 Å². The molecule has 0 atom stereocenters. The Morgan fingerprint density at radius 3 is 2.44 bits per heavy atom. The summed E-state index contributed by atoms with van der Waals surface area (Å²) in [7, 11) is 0. The van der Waals surface area contributed by atoms with E-state index in [1.54, 1.807) is 0 Å². The monoisotopic (exact) mass is 243 g/mol. The lowest BCUT2D eigenvalue weighted by Crippen LogP contribution is -2.23. The molecule has 0 radical (unpaired) electrons. The smallest absolute Gasteiger partial charge is 0.231 e. The zero-order valence-electron chi connectivity index (χ0n) is 10.4. The highest BCUT2D eigenvalue weighted by atomic mass is 16.7. The molecule has 1 aliphatic carbocycles. The van der Waals surface area contributed by atoms with Crippen LogP contribution in [0, 0.1) is 11.3 Å². The molecule has 0 spiro atoms. The second-order valence-electron chi connectivity index (χ2n) is 5.18. The molecule has 18 heavy (non-hydrogen) atoms. The first-order valence-corrected chi connectivity index (χ1v) is 6.65. The van der Waals surface area contributed by atoms with Crippen LogP contribution in [-0.4, -0.2) is 6.79 Å². The van der Waals surface area contributed by atoms with E-state index >= 15 is 0 Å². The number of nitrogens with zero attached hydrogens (tertiary/aromatic N) is 1. The third kappa shape index (κ3) is 1.82. The summed E-state index contributed by atoms with van der Waals surface area (Å²) >= 11 is 0. The van der Waals surface area contributed by atoms with Crippen molar-refractivity contribution >= 4 is 0 Å². The van der Waals surface area contributed by atoms with Gasteiger partial charge in [0.25, 0.3) is 0 Å². The number of benzene rings is 1. The molecule has 3 nitrogen and oxygen atoms in total. The molecule has 94 valence electrons. The number of fused-ring (bicyclic) bond motifs is 1. The Morgan fingerprint density at radius 2 is 1.72 bits per heavy atom. The van der Waals surface area contributed by atoms with Crippen LogP contribution in [0.25, 0.3) is 0 Å². The van der Waals surface area contributed by atoms with Crippen LogP contribution in [0.4, 0.5) is 0 Å². The lowest BCUT2D eigenvalue weighted by atomic mass is 9.75. The summed E-state index contributed by atoms with van der Waals surface area (Å²) in [5, 5.41) is 9.65. The normalized spacial score (nSPS) is 21.1. The van der Waals surface area contributed by atoms with E-state index in [-0.39, 0.29) is 5.41 Å². The lowest BCUT2D eigenvalue weighted by molar-refractivity contribution is 0.174. The van der Waals surface area contributed by atoms with Crippen LogP contribution in [0.1, 0.15) is 44.1 Å². The van der Waals surface area contributed by atoms with Crippen LogP contribution in [0.15, 0.2) is 18.2 Å². The second kappa shape index (κ2) is 4.53. The van der Waals surface area contributed by atoms with Gasteiger partial charge in [0.15, 0.2) is 11.5 Å². The minimum Gasteiger partial charge on any atom is -0.454 e. The number of nitriles is 1. The summed E-state index contributed by atoms with van der Waals surface area (Å²) < 4.78 is 10.7. The Hall–Kier alpha value is -1.69. The van der Waals surface area contributed by atoms with Crippen LogP contribution < -0.4 is 9.47 Å². The predicted molar refractivity (Wildman–Crippen MR) is 67.6 cm³/mol. The molecule has 0 bridgehead atoms. The molecule has 2 aliphatic rings. The topological polar surface area (TPSA) is 42.2 Å². The molecule has 0 amide bonds. The van der Waals surface area contributed by atoms with E-state index in [0.29, 0.717) is 6.79 Å². The highest BCUT2D eigenvalue weighted by Crippen LogP contribution is 2.42. The van der Waals surface area contributed by atoms with Gasteiger partial charge in [0, 0.05) is 0 Å². The van der Waals surface area contributed by atoms with Crippen LogP contribution in [0.2, 0.25) is 0 Å². The van der Waals surface area contributed by atoms with E-state index in [2.05, 4.69) is 6.07 Å². The Labute approximate surface area is 107 Å². The minimum atomic E-state index is -0.322. The third-order valence-corrected chi connectivity index (χ3v) is 4.10. The van der Waals surface area contributed by atoms with Crippen molar-refractivity contribution in [2.24, 2.45) is 0 Å². The largest absolute Gasteiger partial charge is 0.454 e. The minimum absolute atomic E-state index is 0.290. The lowest BCUT2D eigenvalue weighted by Gasteiger charge is -2.25. The standard InChI is InChI=1S/C15H17NO2/c16-10-15(7-3-1-2-4-8-15)12-5-6-13-14(9-12)18-11-17-13/h5-6,9H,1-4,7-8,11H2. The number of rotatable bonds is 1. The molecule has 0 saturated heterocycles. The van der Waals surface area contributed by atoms with E-state index in [1.807, 2.05) is 18.2 Å². The molecule has 1 fully saturated rings. The molecule has 0 unspecified atom stereocenters. The van der Waals surface area contributed by atoms with Crippen molar-refractivity contribution in [1.82, 2.24) is 0 Å². The van der Waals surface area contributed by atoms with Crippen molar-refractivity contribution in [1.29, 1.82) is 5.26 Å². The molecule has 0 N–H and O–H groups in total. The van der Waals surface area contributed by atoms with Crippen molar-refractivity contribution < 1.29 is 9.47 Å². The van der Waals surface area contributed by atoms with Gasteiger partial charge in [-0.3, -0.25) is 0 Å². The average molecular weight is 243 g/mol. The summed E-state index contributed by atoms with van der Waals surface area (Å²) in [6.07, 6.45) is 6.69. The molecular formula is C15H17NO2. The molecule has 3 rings (SSSR count). The second-order valence-corrected chi connectivity index (χ2v) is 5.18. The van der Waals surface area contributed by atoms with Gasteiger partial charge < -0.3 is 9.47 Å². The summed E-state index contributed by atoms with van der Waals surface area (Å²) in [5.74, 6) is 1.58. The number of hydrogen-bond donors (Lipinski definition) is 0. The molecule has 1 heterocycles. The van der Waals surface area contributed by atoms with Gasteiger partial charge in [0.05, 0.1) is 11.5 Å². The van der Waals surface area contributed by atoms with Gasteiger partial charge in [-0.2, -0.15) is 5.26 Å². The Morgan fingerprint density at radius 1 is 1.00 bits per heavy atom. The van der Waals surface area contributed by atoms with Crippen molar-refractivity contribution in [3.8, 4) is 17.6 Å². The Balaban J connectivity index is 1.98. The van der Waals surface area contributed by atoms with Crippen molar-refractivity contribution in [2.45, 2.75) is 43.9 Å². The fraction of sp³-hybridized carbons (Fsp3) is 0.533. The summed E-state index contributed by atoms with van der Waals surface area (Å²) in [6.45, 7) is 0.290. The molecule has 1 saturated carbocycles. The molecule has 3 heteroatoms. The van der Waals surface area contributed by atoms with Crippen LogP contribution in [0.5, 0.6) is 11.5 Å². The van der Waals surface area contributed by atoms with Gasteiger partial charge in [0.1, 0.15) is 0 Å². The maximum Gasteiger partial charge on any atom is 0.231 e. The fourth-order valence-corrected chi connectivity index (χ4v) is 2.99. The van der Waals surface area contributed by atoms with Gasteiger partial charge in [-0.1, -0.05) is 31.7 Å². The van der Waals surface area contributed by atoms with E-state index < -0.39 is 0 Å². The average Bonchev–Trinajstić information content (AvgIpc) is 2.74. The van der Waals surface area contributed by atoms with Crippen molar-refractivity contribution in [2.75, 3.05) is 6.79 Å². The van der Waals surface area contributed by atoms with Crippen LogP contribution in [0.3, 0.4) is 0 Å². The number of ether oxygens (including phenoxy) is 2. The molecule has 1 aliphatic heterocycles. The summed E-state index contributed by atoms with van der Waals surface area (Å²) in [5.41, 5.74) is 0.772. The first-order valence-electron chi connectivity index (χ1n) is 6.65. The third-order valence-electron chi connectivity index (χ3n) is 4.10. The van der Waals surface area contributed by atoms with Gasteiger partial charge in [-0.25, -0.2) is 0 Å². The summed E-state index contributed by atoms with van der Waals surface area (Å²) in [6, 6.07) is 8.53. The van der Waals surface area contributed by atoms with E-state index in [0.717, 1.165) is 42.7 Å². The van der Waals surface area contributed by atoms with Crippen molar-refractivity contribution in [3.63, 3.8) is 0 Å². The highest BCUT2D eigenvalue weighted by Gasteiger charge is 2.34. The molecule has 0 aromatic heterocycles. The van der Waals surface area contributed by atoms with E-state index in [4.69, 9.17) is 9.47 Å². The number of hydrogen-bond acceptors (Lipinski definition) is 3. The fourth-order valence-electron chi connectivity index (χ4n) is 2.99. The van der Waals surface area contributed by atoms with E-state index in [9.17, 15) is 5.26 Å². The highest BCUT2D eigenvalue weighted by molar-refractivity contribution is 5.48. The maximum atomic E-state index is 9.65. The predicted octanol–water partition coefficient (Wildman–Crippen LogP) is 3.53. The SMILES string of the molecule is N#CC1(c2ccc3c(c2)OCO3)CCCCCC1. The summed E-state index contributed by atoms with van der Waals surface area (Å²) in [4.78, 5) is 0. The van der Waals surface area contributed by atoms with E-state index in [1.165, 1.54) is 12.8 Å². The van der Waals surface area contributed by atoms with Gasteiger partial charge in [0.2, 0.25) is 6.79 Å². The zero-order chi connectivity index (χ0) is 12.4. The quantitative estimate of drug-likeness (QED) is 0.708. The molecule has 1 aromatic rings. The first kappa shape index (κ1) is 11.4. The maximum absolute atomic E-state index is 9.65. The van der Waals surface area contributed by atoms with Crippen LogP contribution in [-0.2, 0) is 5.41 Å². The van der Waals surface area contributed by atoms with Gasteiger partial charge >= 0.3 is 0 Å². The van der Waals surface area contributed by atoms with Gasteiger partial charge in [-0.15, -0.1) is 0 Å². The molecular weight excluding hydrogens is 226 g/mol.